The molecule has 1 aromatic heterocycles. The van der Waals surface area contributed by atoms with Crippen LogP contribution in [0.25, 0.3) is 0 Å². The smallest absolute Gasteiger partial charge is 0.245 e. The fraction of sp³-hybridized carbons (Fsp3) is 0.333. The number of nitrogens with zero attached hydrogens (tertiary/aromatic N) is 2. The van der Waals surface area contributed by atoms with Gasteiger partial charge in [-0.1, -0.05) is 12.1 Å². The molecule has 0 saturated carbocycles. The Bertz CT molecular complexity index is 465. The minimum atomic E-state index is 0.527. The lowest BCUT2D eigenvalue weighted by molar-refractivity contribution is 0.378. The molecule has 0 unspecified atom stereocenters. The maximum Gasteiger partial charge on any atom is 0.245 e. The van der Waals surface area contributed by atoms with Crippen LogP contribution in [0.5, 0.6) is 5.75 Å². The van der Waals surface area contributed by atoms with E-state index in [2.05, 4.69) is 15.5 Å². The number of rotatable bonds is 5. The molecule has 0 aliphatic heterocycles. The molecule has 1 heterocycles. The third-order valence-electron chi connectivity index (χ3n) is 2.36. The van der Waals surface area contributed by atoms with Gasteiger partial charge in [0, 0.05) is 12.1 Å². The average molecular weight is 233 g/mol. The summed E-state index contributed by atoms with van der Waals surface area (Å²) in [6.07, 6.45) is 0.784. The van der Waals surface area contributed by atoms with Crippen LogP contribution in [-0.4, -0.2) is 17.3 Å². The van der Waals surface area contributed by atoms with E-state index in [9.17, 15) is 0 Å². The van der Waals surface area contributed by atoms with Crippen LogP contribution >= 0.6 is 0 Å². The van der Waals surface area contributed by atoms with Gasteiger partial charge < -0.3 is 14.6 Å². The van der Waals surface area contributed by atoms with Crippen molar-refractivity contribution in [3.05, 3.63) is 36.0 Å². The minimum Gasteiger partial charge on any atom is -0.497 e. The lowest BCUT2D eigenvalue weighted by Crippen LogP contribution is -1.99. The molecule has 0 bridgehead atoms. The predicted octanol–water partition coefficient (Wildman–Crippen LogP) is 2.25. The highest BCUT2D eigenvalue weighted by Crippen LogP contribution is 2.15. The van der Waals surface area contributed by atoms with Crippen molar-refractivity contribution in [1.82, 2.24) is 10.1 Å². The van der Waals surface area contributed by atoms with Crippen molar-refractivity contribution in [3.8, 4) is 5.75 Å². The van der Waals surface area contributed by atoms with E-state index in [1.165, 1.54) is 0 Å². The van der Waals surface area contributed by atoms with Crippen molar-refractivity contribution in [2.24, 2.45) is 0 Å². The second kappa shape index (κ2) is 5.34. The van der Waals surface area contributed by atoms with Crippen LogP contribution in [0, 0.1) is 0 Å². The number of methoxy groups -OCH3 is 1. The zero-order valence-corrected chi connectivity index (χ0v) is 9.93. The molecule has 0 fully saturated rings. The number of hydrogen-bond donors (Lipinski definition) is 1. The molecule has 0 amide bonds. The van der Waals surface area contributed by atoms with Crippen molar-refractivity contribution < 1.29 is 9.26 Å². The van der Waals surface area contributed by atoms with Gasteiger partial charge in [-0.2, -0.15) is 4.98 Å². The van der Waals surface area contributed by atoms with E-state index in [0.717, 1.165) is 23.7 Å². The highest BCUT2D eigenvalue weighted by molar-refractivity contribution is 5.46. The Morgan fingerprint density at radius 2 is 2.06 bits per heavy atom. The third-order valence-corrected chi connectivity index (χ3v) is 2.36. The van der Waals surface area contributed by atoms with E-state index < -0.39 is 0 Å². The molecule has 5 heteroatoms. The van der Waals surface area contributed by atoms with Crippen LogP contribution in [0.4, 0.5) is 5.69 Å². The zero-order valence-electron chi connectivity index (χ0n) is 9.93. The highest BCUT2D eigenvalue weighted by Gasteiger charge is 2.03. The number of ether oxygens (including phenoxy) is 1. The SMILES string of the molecule is CCc1noc(CNc2ccc(OC)cc2)n1. The number of aromatic nitrogens is 2. The monoisotopic (exact) mass is 233 g/mol. The molecule has 2 rings (SSSR count). The largest absolute Gasteiger partial charge is 0.497 e. The molecule has 0 atom stereocenters. The molecular weight excluding hydrogens is 218 g/mol. The second-order valence-corrected chi connectivity index (χ2v) is 3.54. The molecule has 17 heavy (non-hydrogen) atoms. The van der Waals surface area contributed by atoms with Gasteiger partial charge in [-0.15, -0.1) is 0 Å². The average Bonchev–Trinajstić information content (AvgIpc) is 2.85. The Kier molecular flexibility index (Phi) is 3.59. The molecule has 0 aliphatic rings. The number of aryl methyl sites for hydroxylation is 1. The van der Waals surface area contributed by atoms with Gasteiger partial charge in [-0.25, -0.2) is 0 Å². The summed E-state index contributed by atoms with van der Waals surface area (Å²) in [5.41, 5.74) is 0.988. The van der Waals surface area contributed by atoms with E-state index in [1.54, 1.807) is 7.11 Å². The fourth-order valence-electron chi connectivity index (χ4n) is 1.39. The van der Waals surface area contributed by atoms with Crippen LogP contribution < -0.4 is 10.1 Å². The minimum absolute atomic E-state index is 0.527. The van der Waals surface area contributed by atoms with Gasteiger partial charge in [-0.05, 0) is 24.3 Å². The second-order valence-electron chi connectivity index (χ2n) is 3.54. The summed E-state index contributed by atoms with van der Waals surface area (Å²) in [5.74, 6) is 2.16. The Hall–Kier alpha value is -2.04. The van der Waals surface area contributed by atoms with Crippen LogP contribution in [-0.2, 0) is 13.0 Å². The number of hydrogen-bond acceptors (Lipinski definition) is 5. The van der Waals surface area contributed by atoms with E-state index in [-0.39, 0.29) is 0 Å². The number of nitrogens with one attached hydrogen (secondary N) is 1. The predicted molar refractivity (Wildman–Crippen MR) is 64.0 cm³/mol. The maximum absolute atomic E-state index is 5.08. The van der Waals surface area contributed by atoms with Crippen LogP contribution in [0.2, 0.25) is 0 Å². The summed E-state index contributed by atoms with van der Waals surface area (Å²) in [6, 6.07) is 7.67. The van der Waals surface area contributed by atoms with E-state index in [4.69, 9.17) is 9.26 Å². The summed E-state index contributed by atoms with van der Waals surface area (Å²) in [6.45, 7) is 2.52. The number of anilines is 1. The Balaban J connectivity index is 1.92. The fourth-order valence-corrected chi connectivity index (χ4v) is 1.39. The summed E-state index contributed by atoms with van der Waals surface area (Å²) >= 11 is 0. The summed E-state index contributed by atoms with van der Waals surface area (Å²) < 4.78 is 10.2. The van der Waals surface area contributed by atoms with Gasteiger partial charge in [0.05, 0.1) is 13.7 Å². The Morgan fingerprint density at radius 3 is 2.65 bits per heavy atom. The molecule has 0 radical (unpaired) electrons. The van der Waals surface area contributed by atoms with Crippen molar-refractivity contribution >= 4 is 5.69 Å². The van der Waals surface area contributed by atoms with Crippen molar-refractivity contribution in [2.45, 2.75) is 19.9 Å². The van der Waals surface area contributed by atoms with E-state index in [0.29, 0.717) is 12.4 Å². The lowest BCUT2D eigenvalue weighted by atomic mass is 10.3. The first kappa shape index (κ1) is 11.4. The van der Waals surface area contributed by atoms with Crippen LogP contribution in [0.1, 0.15) is 18.6 Å². The molecule has 1 aromatic carbocycles. The molecular formula is C12H15N3O2. The molecule has 2 aromatic rings. The van der Waals surface area contributed by atoms with E-state index in [1.807, 2.05) is 31.2 Å². The van der Waals surface area contributed by atoms with Gasteiger partial charge in [-0.3, -0.25) is 0 Å². The van der Waals surface area contributed by atoms with Crippen molar-refractivity contribution in [2.75, 3.05) is 12.4 Å². The van der Waals surface area contributed by atoms with Gasteiger partial charge in [0.2, 0.25) is 5.89 Å². The van der Waals surface area contributed by atoms with E-state index >= 15 is 0 Å². The van der Waals surface area contributed by atoms with Gasteiger partial charge in [0.1, 0.15) is 5.75 Å². The van der Waals surface area contributed by atoms with Crippen molar-refractivity contribution in [3.63, 3.8) is 0 Å². The Labute approximate surface area is 99.8 Å². The van der Waals surface area contributed by atoms with Gasteiger partial charge >= 0.3 is 0 Å². The topological polar surface area (TPSA) is 60.2 Å². The third kappa shape index (κ3) is 2.96. The van der Waals surface area contributed by atoms with Gasteiger partial charge in [0.25, 0.3) is 0 Å². The molecule has 90 valence electrons. The maximum atomic E-state index is 5.08. The molecule has 1 N–H and O–H groups in total. The molecule has 5 nitrogen and oxygen atoms in total. The first-order chi connectivity index (χ1) is 8.31. The first-order valence-electron chi connectivity index (χ1n) is 5.51. The standard InChI is InChI=1S/C12H15N3O2/c1-3-11-14-12(17-15-11)8-13-9-4-6-10(16-2)7-5-9/h4-7,13H,3,8H2,1-2H3. The summed E-state index contributed by atoms with van der Waals surface area (Å²) in [5, 5.41) is 7.03. The van der Waals surface area contributed by atoms with Crippen LogP contribution in [0.15, 0.2) is 28.8 Å². The first-order valence-corrected chi connectivity index (χ1v) is 5.51. The van der Waals surface area contributed by atoms with Crippen molar-refractivity contribution in [1.29, 1.82) is 0 Å². The van der Waals surface area contributed by atoms with Gasteiger partial charge in [0.15, 0.2) is 5.82 Å². The quantitative estimate of drug-likeness (QED) is 0.858. The molecule has 0 spiro atoms. The summed E-state index contributed by atoms with van der Waals surface area (Å²) in [7, 11) is 1.65. The normalized spacial score (nSPS) is 10.2. The molecule has 0 saturated heterocycles. The lowest BCUT2D eigenvalue weighted by Gasteiger charge is -2.04. The highest BCUT2D eigenvalue weighted by atomic mass is 16.5. The zero-order chi connectivity index (χ0) is 12.1. The molecule has 0 aliphatic carbocycles. The summed E-state index contributed by atoms with van der Waals surface area (Å²) in [4.78, 5) is 4.21. The Morgan fingerprint density at radius 1 is 1.29 bits per heavy atom. The van der Waals surface area contributed by atoms with Crippen LogP contribution in [0.3, 0.4) is 0 Å². The number of benzene rings is 1.